The summed E-state index contributed by atoms with van der Waals surface area (Å²) in [5.74, 6) is -0.227. The molecule has 138 valence electrons. The molecule has 0 spiro atoms. The summed E-state index contributed by atoms with van der Waals surface area (Å²) in [7, 11) is 0. The van der Waals surface area contributed by atoms with Crippen molar-refractivity contribution in [3.8, 4) is 0 Å². The summed E-state index contributed by atoms with van der Waals surface area (Å²) in [4.78, 5) is 22.2. The number of unbranched alkanes of at least 4 members (excludes halogenated alkanes) is 5. The maximum absolute atomic E-state index is 11.1. The Balaban J connectivity index is 3.30. The minimum Gasteiger partial charge on any atom is -0.466 e. The van der Waals surface area contributed by atoms with Gasteiger partial charge in [-0.25, -0.2) is 0 Å². The van der Waals surface area contributed by atoms with Crippen molar-refractivity contribution in [3.63, 3.8) is 0 Å². The third-order valence-corrected chi connectivity index (χ3v) is 3.47. The predicted molar refractivity (Wildman–Crippen MR) is 97.7 cm³/mol. The Labute approximate surface area is 147 Å². The van der Waals surface area contributed by atoms with Gasteiger partial charge in [-0.05, 0) is 52.4 Å². The van der Waals surface area contributed by atoms with Gasteiger partial charge in [0.15, 0.2) is 0 Å². The Kier molecular flexibility index (Phi) is 16.6. The van der Waals surface area contributed by atoms with E-state index in [0.29, 0.717) is 26.1 Å². The lowest BCUT2D eigenvalue weighted by molar-refractivity contribution is -0.143. The number of rotatable bonds is 15. The third kappa shape index (κ3) is 16.8. The van der Waals surface area contributed by atoms with Crippen molar-refractivity contribution < 1.29 is 19.1 Å². The van der Waals surface area contributed by atoms with Crippen LogP contribution in [-0.2, 0) is 19.1 Å². The molecule has 0 saturated carbocycles. The molecule has 0 heterocycles. The van der Waals surface area contributed by atoms with Gasteiger partial charge < -0.3 is 9.47 Å². The Morgan fingerprint density at radius 3 is 1.38 bits per heavy atom. The Bertz CT molecular complexity index is 336. The average Bonchev–Trinajstić information content (AvgIpc) is 2.55. The van der Waals surface area contributed by atoms with Gasteiger partial charge in [-0.15, -0.1) is 0 Å². The summed E-state index contributed by atoms with van der Waals surface area (Å²) in [6, 6.07) is 0. The number of allylic oxidation sites excluding steroid dienone is 4. The van der Waals surface area contributed by atoms with Crippen LogP contribution in [0.4, 0.5) is 0 Å². The molecule has 4 heteroatoms. The number of ether oxygens (including phenoxy) is 2. The molecule has 0 saturated heterocycles. The van der Waals surface area contributed by atoms with Gasteiger partial charge in [-0.3, -0.25) is 9.59 Å². The van der Waals surface area contributed by atoms with E-state index >= 15 is 0 Å². The van der Waals surface area contributed by atoms with Crippen molar-refractivity contribution in [2.75, 3.05) is 13.2 Å². The molecular weight excluding hydrogens is 304 g/mol. The van der Waals surface area contributed by atoms with Crippen LogP contribution in [0.3, 0.4) is 0 Å². The number of hydrogen-bond donors (Lipinski definition) is 0. The summed E-state index contributed by atoms with van der Waals surface area (Å²) in [6.07, 6.45) is 18.0. The van der Waals surface area contributed by atoms with Crippen LogP contribution >= 0.6 is 0 Å². The molecule has 24 heavy (non-hydrogen) atoms. The number of carbonyl (C=O) groups excluding carboxylic acids is 2. The normalized spacial score (nSPS) is 11.2. The monoisotopic (exact) mass is 338 g/mol. The molecule has 0 aromatic carbocycles. The first-order valence-electron chi connectivity index (χ1n) is 9.31. The molecule has 0 unspecified atom stereocenters. The van der Waals surface area contributed by atoms with Crippen LogP contribution in [0.5, 0.6) is 0 Å². The van der Waals surface area contributed by atoms with Gasteiger partial charge in [0.2, 0.25) is 0 Å². The average molecular weight is 338 g/mol. The van der Waals surface area contributed by atoms with Gasteiger partial charge >= 0.3 is 11.9 Å². The molecule has 0 aromatic heterocycles. The molecule has 0 fully saturated rings. The lowest BCUT2D eigenvalue weighted by Gasteiger charge is -1.99. The summed E-state index contributed by atoms with van der Waals surface area (Å²) < 4.78 is 9.74. The summed E-state index contributed by atoms with van der Waals surface area (Å²) >= 11 is 0. The molecule has 0 amide bonds. The highest BCUT2D eigenvalue weighted by molar-refractivity contribution is 5.69. The van der Waals surface area contributed by atoms with Crippen molar-refractivity contribution in [1.29, 1.82) is 0 Å². The van der Waals surface area contributed by atoms with E-state index in [-0.39, 0.29) is 11.9 Å². The Hall–Kier alpha value is -1.58. The summed E-state index contributed by atoms with van der Waals surface area (Å²) in [5.41, 5.74) is 0. The fourth-order valence-corrected chi connectivity index (χ4v) is 2.22. The van der Waals surface area contributed by atoms with Crippen LogP contribution in [0.1, 0.15) is 78.1 Å². The van der Waals surface area contributed by atoms with E-state index in [0.717, 1.165) is 25.7 Å². The molecule has 0 rings (SSSR count). The minimum absolute atomic E-state index is 0.113. The lowest BCUT2D eigenvalue weighted by Crippen LogP contribution is -2.02. The summed E-state index contributed by atoms with van der Waals surface area (Å²) in [6.45, 7) is 4.58. The van der Waals surface area contributed by atoms with E-state index in [1.165, 1.54) is 25.7 Å². The second-order valence-corrected chi connectivity index (χ2v) is 5.62. The topological polar surface area (TPSA) is 52.6 Å². The van der Waals surface area contributed by atoms with Crippen LogP contribution in [0.25, 0.3) is 0 Å². The zero-order valence-corrected chi connectivity index (χ0v) is 15.4. The molecule has 0 radical (unpaired) electrons. The van der Waals surface area contributed by atoms with E-state index in [2.05, 4.69) is 24.3 Å². The van der Waals surface area contributed by atoms with Crippen molar-refractivity contribution in [2.24, 2.45) is 0 Å². The smallest absolute Gasteiger partial charge is 0.306 e. The van der Waals surface area contributed by atoms with Crippen LogP contribution in [0.15, 0.2) is 24.3 Å². The van der Waals surface area contributed by atoms with Crippen LogP contribution in [-0.4, -0.2) is 25.2 Å². The second-order valence-electron chi connectivity index (χ2n) is 5.62. The number of hydrogen-bond acceptors (Lipinski definition) is 4. The van der Waals surface area contributed by atoms with Crippen LogP contribution < -0.4 is 0 Å². The maximum Gasteiger partial charge on any atom is 0.306 e. The van der Waals surface area contributed by atoms with Gasteiger partial charge in [0.05, 0.1) is 13.2 Å². The van der Waals surface area contributed by atoms with Gasteiger partial charge in [0.1, 0.15) is 0 Å². The molecule has 0 bridgehead atoms. The molecule has 4 nitrogen and oxygen atoms in total. The van der Waals surface area contributed by atoms with E-state index < -0.39 is 0 Å². The molecule has 0 aromatic rings. The minimum atomic E-state index is -0.113. The highest BCUT2D eigenvalue weighted by Crippen LogP contribution is 2.07. The Morgan fingerprint density at radius 2 is 1.00 bits per heavy atom. The van der Waals surface area contributed by atoms with E-state index in [9.17, 15) is 9.59 Å². The second kappa shape index (κ2) is 17.8. The largest absolute Gasteiger partial charge is 0.466 e. The quantitative estimate of drug-likeness (QED) is 0.236. The molecule has 0 N–H and O–H groups in total. The highest BCUT2D eigenvalue weighted by atomic mass is 16.5. The summed E-state index contributed by atoms with van der Waals surface area (Å²) in [5, 5.41) is 0. The van der Waals surface area contributed by atoms with Crippen molar-refractivity contribution in [2.45, 2.75) is 78.1 Å². The zero-order chi connectivity index (χ0) is 17.9. The van der Waals surface area contributed by atoms with Gasteiger partial charge in [-0.2, -0.15) is 0 Å². The highest BCUT2D eigenvalue weighted by Gasteiger charge is 1.98. The van der Waals surface area contributed by atoms with Crippen molar-refractivity contribution in [1.82, 2.24) is 0 Å². The van der Waals surface area contributed by atoms with Gasteiger partial charge in [-0.1, -0.05) is 37.1 Å². The molecule has 0 aliphatic heterocycles. The molecule has 0 aliphatic carbocycles. The SMILES string of the molecule is CCOC(=O)CC/C=C\CCCCCC/C=C/CCC(=O)OCC. The van der Waals surface area contributed by atoms with Crippen LogP contribution in [0.2, 0.25) is 0 Å². The van der Waals surface area contributed by atoms with Gasteiger partial charge in [0, 0.05) is 12.8 Å². The lowest BCUT2D eigenvalue weighted by atomic mass is 10.1. The predicted octanol–water partition coefficient (Wildman–Crippen LogP) is 5.13. The fourth-order valence-electron chi connectivity index (χ4n) is 2.22. The number of carbonyl (C=O) groups is 2. The first kappa shape index (κ1) is 22.4. The maximum atomic E-state index is 11.1. The molecule has 0 aliphatic rings. The fraction of sp³-hybridized carbons (Fsp3) is 0.700. The van der Waals surface area contributed by atoms with Crippen LogP contribution in [0, 0.1) is 0 Å². The molecule has 0 atom stereocenters. The Morgan fingerprint density at radius 1 is 0.625 bits per heavy atom. The number of esters is 2. The first-order chi connectivity index (χ1) is 11.7. The van der Waals surface area contributed by atoms with E-state index in [1.807, 2.05) is 13.8 Å². The van der Waals surface area contributed by atoms with Crippen molar-refractivity contribution >= 4 is 11.9 Å². The van der Waals surface area contributed by atoms with E-state index in [1.54, 1.807) is 0 Å². The van der Waals surface area contributed by atoms with E-state index in [4.69, 9.17) is 9.47 Å². The standard InChI is InChI=1S/C20H34O4/c1-3-23-19(21)17-15-13-11-9-7-5-6-8-10-12-14-16-18-20(22)24-4-2/h11-14H,3-10,15-18H2,1-2H3/b13-11-,14-12+. The van der Waals surface area contributed by atoms with Crippen molar-refractivity contribution in [3.05, 3.63) is 24.3 Å². The van der Waals surface area contributed by atoms with Gasteiger partial charge in [0.25, 0.3) is 0 Å². The molecular formula is C20H34O4. The first-order valence-corrected chi connectivity index (χ1v) is 9.31. The zero-order valence-electron chi connectivity index (χ0n) is 15.4. The third-order valence-electron chi connectivity index (χ3n) is 3.47.